The molecule has 1 saturated carbocycles. The van der Waals surface area contributed by atoms with Gasteiger partial charge in [0.15, 0.2) is 0 Å². The number of nitrogens with one attached hydrogen (secondary N) is 1. The van der Waals surface area contributed by atoms with Gasteiger partial charge in [0.2, 0.25) is 21.8 Å². The molecule has 0 heterocycles. The Balaban J connectivity index is 1.88. The molecule has 7 nitrogen and oxygen atoms in total. The van der Waals surface area contributed by atoms with Gasteiger partial charge in [-0.2, -0.15) is 4.31 Å². The second-order valence-corrected chi connectivity index (χ2v) is 12.4. The van der Waals surface area contributed by atoms with E-state index in [2.05, 4.69) is 5.32 Å². The van der Waals surface area contributed by atoms with E-state index in [0.29, 0.717) is 22.0 Å². The largest absolute Gasteiger partial charge is 0.352 e. The van der Waals surface area contributed by atoms with E-state index in [1.807, 2.05) is 13.8 Å². The van der Waals surface area contributed by atoms with Gasteiger partial charge in [-0.05, 0) is 50.5 Å². The lowest BCUT2D eigenvalue weighted by Crippen LogP contribution is -2.53. The SMILES string of the molecule is CCC(C(=O)NC1CCCCC1)N(Cc1c(Cl)cccc1Cl)C(=O)CN(C)S(=O)(=O)c1ccc(C)cc1. The van der Waals surface area contributed by atoms with Crippen LogP contribution < -0.4 is 5.32 Å². The molecule has 1 aliphatic rings. The van der Waals surface area contributed by atoms with Crippen LogP contribution in [0.1, 0.15) is 56.6 Å². The zero-order valence-corrected chi connectivity index (χ0v) is 23.9. The van der Waals surface area contributed by atoms with E-state index in [0.717, 1.165) is 42.0 Å². The highest BCUT2D eigenvalue weighted by molar-refractivity contribution is 7.89. The zero-order valence-electron chi connectivity index (χ0n) is 21.5. The van der Waals surface area contributed by atoms with E-state index in [1.54, 1.807) is 30.3 Å². The number of hydrogen-bond donors (Lipinski definition) is 1. The number of benzene rings is 2. The van der Waals surface area contributed by atoms with Gasteiger partial charge in [-0.25, -0.2) is 8.42 Å². The quantitative estimate of drug-likeness (QED) is 0.428. The van der Waals surface area contributed by atoms with E-state index in [4.69, 9.17) is 23.2 Å². The van der Waals surface area contributed by atoms with E-state index >= 15 is 0 Å². The maximum Gasteiger partial charge on any atom is 0.243 e. The lowest BCUT2D eigenvalue weighted by atomic mass is 9.95. The molecule has 0 radical (unpaired) electrons. The molecule has 0 saturated heterocycles. The molecule has 37 heavy (non-hydrogen) atoms. The van der Waals surface area contributed by atoms with Crippen LogP contribution in [-0.2, 0) is 26.2 Å². The Morgan fingerprint density at radius 3 is 2.19 bits per heavy atom. The van der Waals surface area contributed by atoms with Gasteiger partial charge in [0.05, 0.1) is 11.4 Å². The third kappa shape index (κ3) is 7.47. The number of halogens is 2. The van der Waals surface area contributed by atoms with Crippen LogP contribution in [0.3, 0.4) is 0 Å². The third-order valence-electron chi connectivity index (χ3n) is 6.81. The molecule has 0 spiro atoms. The monoisotopic (exact) mass is 567 g/mol. The van der Waals surface area contributed by atoms with Crippen molar-refractivity contribution in [2.75, 3.05) is 13.6 Å². The number of aryl methyl sites for hydroxylation is 1. The van der Waals surface area contributed by atoms with E-state index < -0.39 is 28.5 Å². The van der Waals surface area contributed by atoms with Crippen LogP contribution in [0.2, 0.25) is 10.0 Å². The smallest absolute Gasteiger partial charge is 0.243 e. The molecular formula is C27H35Cl2N3O4S. The second-order valence-electron chi connectivity index (χ2n) is 9.56. The second kappa shape index (κ2) is 13.1. The van der Waals surface area contributed by atoms with E-state index in [9.17, 15) is 18.0 Å². The maximum atomic E-state index is 13.7. The summed E-state index contributed by atoms with van der Waals surface area (Å²) in [5.74, 6) is -0.769. The van der Waals surface area contributed by atoms with Crippen molar-refractivity contribution >= 4 is 45.0 Å². The van der Waals surface area contributed by atoms with Crippen molar-refractivity contribution in [2.45, 2.75) is 75.9 Å². The molecule has 1 aliphatic carbocycles. The Labute approximate surface area is 230 Å². The normalized spacial score (nSPS) is 15.4. The van der Waals surface area contributed by atoms with E-state index in [-0.39, 0.29) is 23.4 Å². The Kier molecular flexibility index (Phi) is 10.4. The average molecular weight is 569 g/mol. The number of likely N-dealkylation sites (N-methyl/N-ethyl adjacent to an activating group) is 1. The van der Waals surface area contributed by atoms with Crippen molar-refractivity contribution in [2.24, 2.45) is 0 Å². The Hall–Kier alpha value is -2.13. The minimum Gasteiger partial charge on any atom is -0.352 e. The van der Waals surface area contributed by atoms with Gasteiger partial charge >= 0.3 is 0 Å². The van der Waals surface area contributed by atoms with Gasteiger partial charge in [-0.3, -0.25) is 9.59 Å². The topological polar surface area (TPSA) is 86.8 Å². The first-order valence-corrected chi connectivity index (χ1v) is 14.8. The van der Waals surface area contributed by atoms with Crippen molar-refractivity contribution in [3.05, 3.63) is 63.6 Å². The molecule has 3 rings (SSSR count). The number of sulfonamides is 1. The summed E-state index contributed by atoms with van der Waals surface area (Å²) in [4.78, 5) is 28.5. The molecule has 1 N–H and O–H groups in total. The van der Waals surface area contributed by atoms with Crippen molar-refractivity contribution in [1.29, 1.82) is 0 Å². The molecular weight excluding hydrogens is 533 g/mol. The van der Waals surface area contributed by atoms with Crippen LogP contribution >= 0.6 is 23.2 Å². The fraction of sp³-hybridized carbons (Fsp3) is 0.481. The van der Waals surface area contributed by atoms with Crippen LogP contribution in [0.5, 0.6) is 0 Å². The van der Waals surface area contributed by atoms with Crippen LogP contribution in [0, 0.1) is 6.92 Å². The lowest BCUT2D eigenvalue weighted by molar-refractivity contribution is -0.141. The summed E-state index contributed by atoms with van der Waals surface area (Å²) in [6.45, 7) is 3.23. The molecule has 10 heteroatoms. The first-order chi connectivity index (χ1) is 17.5. The standard InChI is InChI=1S/C27H35Cl2N3O4S/c1-4-25(27(34)30-20-9-6-5-7-10-20)32(17-22-23(28)11-8-12-24(22)29)26(33)18-31(3)37(35,36)21-15-13-19(2)14-16-21/h8,11-16,20,25H,4-7,9-10,17-18H2,1-3H3,(H,30,34). The predicted octanol–water partition coefficient (Wildman–Crippen LogP) is 5.18. The average Bonchev–Trinajstić information content (AvgIpc) is 2.86. The van der Waals surface area contributed by atoms with Crippen LogP contribution in [0.4, 0.5) is 0 Å². The Morgan fingerprint density at radius 2 is 1.62 bits per heavy atom. The van der Waals surface area contributed by atoms with Crippen molar-refractivity contribution in [3.63, 3.8) is 0 Å². The number of carbonyl (C=O) groups is 2. The summed E-state index contributed by atoms with van der Waals surface area (Å²) in [5.41, 5.74) is 1.43. The van der Waals surface area contributed by atoms with Crippen molar-refractivity contribution < 1.29 is 18.0 Å². The fourth-order valence-electron chi connectivity index (χ4n) is 4.57. The van der Waals surface area contributed by atoms with Gasteiger partial charge in [0.1, 0.15) is 6.04 Å². The van der Waals surface area contributed by atoms with Gasteiger partial charge < -0.3 is 10.2 Å². The zero-order chi connectivity index (χ0) is 27.2. The highest BCUT2D eigenvalue weighted by atomic mass is 35.5. The highest BCUT2D eigenvalue weighted by Crippen LogP contribution is 2.27. The number of amides is 2. The summed E-state index contributed by atoms with van der Waals surface area (Å²) in [6, 6.07) is 10.7. The van der Waals surface area contributed by atoms with Crippen molar-refractivity contribution in [3.8, 4) is 0 Å². The molecule has 1 unspecified atom stereocenters. The summed E-state index contributed by atoms with van der Waals surface area (Å²) < 4.78 is 27.3. The number of carbonyl (C=O) groups excluding carboxylic acids is 2. The van der Waals surface area contributed by atoms with Gasteiger partial charge in [-0.1, -0.05) is 73.2 Å². The van der Waals surface area contributed by atoms with E-state index in [1.165, 1.54) is 24.1 Å². The number of hydrogen-bond acceptors (Lipinski definition) is 4. The molecule has 1 fully saturated rings. The molecule has 2 aromatic rings. The minimum atomic E-state index is -3.92. The van der Waals surface area contributed by atoms with Crippen LogP contribution in [0.25, 0.3) is 0 Å². The minimum absolute atomic E-state index is 0.0215. The van der Waals surface area contributed by atoms with Crippen LogP contribution in [-0.4, -0.2) is 55.1 Å². The third-order valence-corrected chi connectivity index (χ3v) is 9.34. The predicted molar refractivity (Wildman–Crippen MR) is 147 cm³/mol. The van der Waals surface area contributed by atoms with Gasteiger partial charge in [0, 0.05) is 35.2 Å². The molecule has 0 bridgehead atoms. The fourth-order valence-corrected chi connectivity index (χ4v) is 6.21. The van der Waals surface area contributed by atoms with Crippen LogP contribution in [0.15, 0.2) is 47.4 Å². The molecule has 0 aliphatic heterocycles. The Bertz CT molecular complexity index is 1180. The first kappa shape index (κ1) is 29.4. The maximum absolute atomic E-state index is 13.7. The summed E-state index contributed by atoms with van der Waals surface area (Å²) >= 11 is 12.8. The molecule has 0 aromatic heterocycles. The lowest BCUT2D eigenvalue weighted by Gasteiger charge is -2.34. The number of rotatable bonds is 10. The summed E-state index contributed by atoms with van der Waals surface area (Å²) in [5, 5.41) is 3.84. The van der Waals surface area contributed by atoms with Gasteiger partial charge in [0.25, 0.3) is 0 Å². The Morgan fingerprint density at radius 1 is 1.03 bits per heavy atom. The van der Waals surface area contributed by atoms with Crippen molar-refractivity contribution in [1.82, 2.24) is 14.5 Å². The molecule has 202 valence electrons. The molecule has 1 atom stereocenters. The highest BCUT2D eigenvalue weighted by Gasteiger charge is 2.33. The molecule has 2 amide bonds. The summed E-state index contributed by atoms with van der Waals surface area (Å²) in [7, 11) is -2.56. The number of nitrogens with zero attached hydrogens (tertiary/aromatic N) is 2. The first-order valence-electron chi connectivity index (χ1n) is 12.6. The molecule has 2 aromatic carbocycles. The van der Waals surface area contributed by atoms with Gasteiger partial charge in [-0.15, -0.1) is 0 Å². The summed E-state index contributed by atoms with van der Waals surface area (Å²) in [6.07, 6.45) is 5.43.